The van der Waals surface area contributed by atoms with Gasteiger partial charge in [0, 0.05) is 6.04 Å². The first kappa shape index (κ1) is 17.8. The van der Waals surface area contributed by atoms with Crippen molar-refractivity contribution < 1.29 is 9.53 Å². The molecule has 2 rings (SSSR count). The maximum absolute atomic E-state index is 12.5. The Balaban J connectivity index is 1.95. The Kier molecular flexibility index (Phi) is 6.46. The van der Waals surface area contributed by atoms with E-state index in [-0.39, 0.29) is 11.9 Å². The Bertz CT molecular complexity index is 518. The van der Waals surface area contributed by atoms with E-state index in [4.69, 9.17) is 4.74 Å². The maximum Gasteiger partial charge on any atom is 0.241 e. The molecule has 1 aliphatic carbocycles. The van der Waals surface area contributed by atoms with Gasteiger partial charge in [0.15, 0.2) is 0 Å². The molecule has 4 unspecified atom stereocenters. The van der Waals surface area contributed by atoms with Crippen molar-refractivity contribution in [2.24, 2.45) is 11.8 Å². The van der Waals surface area contributed by atoms with Crippen LogP contribution in [0.25, 0.3) is 0 Å². The largest absolute Gasteiger partial charge is 0.492 e. The van der Waals surface area contributed by atoms with Gasteiger partial charge < -0.3 is 15.4 Å². The summed E-state index contributed by atoms with van der Waals surface area (Å²) in [5, 5.41) is 6.50. The molecular weight excluding hydrogens is 288 g/mol. The highest BCUT2D eigenvalue weighted by molar-refractivity contribution is 5.95. The minimum absolute atomic E-state index is 0.0115. The van der Waals surface area contributed by atoms with Crippen molar-refractivity contribution in [1.82, 2.24) is 5.32 Å². The third kappa shape index (κ3) is 4.71. The third-order valence-corrected chi connectivity index (χ3v) is 5.01. The summed E-state index contributed by atoms with van der Waals surface area (Å²) in [5.41, 5.74) is 0.734. The van der Waals surface area contributed by atoms with Crippen LogP contribution in [0.5, 0.6) is 5.75 Å². The molecule has 0 aromatic heterocycles. The van der Waals surface area contributed by atoms with Crippen LogP contribution in [0.1, 0.15) is 47.0 Å². The van der Waals surface area contributed by atoms with E-state index in [1.54, 1.807) is 0 Å². The number of carbonyl (C=O) groups is 1. The van der Waals surface area contributed by atoms with Crippen LogP contribution < -0.4 is 15.4 Å². The van der Waals surface area contributed by atoms with E-state index in [0.717, 1.165) is 23.8 Å². The Morgan fingerprint density at radius 2 is 2.04 bits per heavy atom. The zero-order valence-electron chi connectivity index (χ0n) is 14.8. The number of hydrogen-bond donors (Lipinski definition) is 2. The monoisotopic (exact) mass is 318 g/mol. The fraction of sp³-hybridized carbons (Fsp3) is 0.632. The second-order valence-electron chi connectivity index (χ2n) is 6.68. The molecule has 4 atom stereocenters. The van der Waals surface area contributed by atoms with Crippen LogP contribution >= 0.6 is 0 Å². The lowest BCUT2D eigenvalue weighted by Crippen LogP contribution is -2.49. The molecule has 1 aromatic carbocycles. The standard InChI is InChI=1S/C19H30N2O2/c1-5-23-18-12-7-6-10-17(18)21-19(22)15(4)20-16-11-8-9-13(2)14(16)3/h6-7,10,12-16,20H,5,8-9,11H2,1-4H3,(H,21,22). The van der Waals surface area contributed by atoms with Gasteiger partial charge in [-0.05, 0) is 44.2 Å². The van der Waals surface area contributed by atoms with Crippen LogP contribution in [0.2, 0.25) is 0 Å². The van der Waals surface area contributed by atoms with Crippen LogP contribution in [0.4, 0.5) is 5.69 Å². The number of hydrogen-bond acceptors (Lipinski definition) is 3. The molecule has 1 aliphatic rings. The molecule has 2 N–H and O–H groups in total. The summed E-state index contributed by atoms with van der Waals surface area (Å²) in [6.07, 6.45) is 3.69. The van der Waals surface area contributed by atoms with Gasteiger partial charge in [-0.2, -0.15) is 0 Å². The van der Waals surface area contributed by atoms with Crippen molar-refractivity contribution in [2.45, 2.75) is 59.0 Å². The van der Waals surface area contributed by atoms with Gasteiger partial charge in [0.2, 0.25) is 5.91 Å². The quantitative estimate of drug-likeness (QED) is 0.838. The highest BCUT2D eigenvalue weighted by atomic mass is 16.5. The molecule has 1 amide bonds. The van der Waals surface area contributed by atoms with E-state index < -0.39 is 0 Å². The minimum atomic E-state index is -0.220. The second-order valence-corrected chi connectivity index (χ2v) is 6.68. The topological polar surface area (TPSA) is 50.4 Å². The van der Waals surface area contributed by atoms with Crippen LogP contribution in [0.3, 0.4) is 0 Å². The second kappa shape index (κ2) is 8.34. The van der Waals surface area contributed by atoms with Gasteiger partial charge in [0.25, 0.3) is 0 Å². The lowest BCUT2D eigenvalue weighted by atomic mass is 9.78. The Hall–Kier alpha value is -1.55. The highest BCUT2D eigenvalue weighted by Crippen LogP contribution is 2.30. The smallest absolute Gasteiger partial charge is 0.241 e. The van der Waals surface area contributed by atoms with Gasteiger partial charge in [-0.3, -0.25) is 4.79 Å². The van der Waals surface area contributed by atoms with Crippen molar-refractivity contribution in [1.29, 1.82) is 0 Å². The summed E-state index contributed by atoms with van der Waals surface area (Å²) in [6, 6.07) is 7.77. The molecule has 0 radical (unpaired) electrons. The molecule has 0 spiro atoms. The van der Waals surface area contributed by atoms with Crippen molar-refractivity contribution in [3.8, 4) is 5.75 Å². The minimum Gasteiger partial charge on any atom is -0.492 e. The molecule has 0 saturated heterocycles. The zero-order chi connectivity index (χ0) is 16.8. The average Bonchev–Trinajstić information content (AvgIpc) is 2.54. The molecule has 1 aromatic rings. The van der Waals surface area contributed by atoms with Gasteiger partial charge in [0.1, 0.15) is 5.75 Å². The number of carbonyl (C=O) groups excluding carboxylic acids is 1. The van der Waals surface area contributed by atoms with Gasteiger partial charge >= 0.3 is 0 Å². The first-order valence-corrected chi connectivity index (χ1v) is 8.81. The molecule has 0 aliphatic heterocycles. The average molecular weight is 318 g/mol. The van der Waals surface area contributed by atoms with E-state index >= 15 is 0 Å². The van der Waals surface area contributed by atoms with E-state index in [1.165, 1.54) is 12.8 Å². The SMILES string of the molecule is CCOc1ccccc1NC(=O)C(C)NC1CCCC(C)C1C. The van der Waals surface area contributed by atoms with E-state index in [2.05, 4.69) is 24.5 Å². The van der Waals surface area contributed by atoms with Gasteiger partial charge in [0.05, 0.1) is 18.3 Å². The predicted octanol–water partition coefficient (Wildman–Crippen LogP) is 3.83. The molecule has 1 fully saturated rings. The third-order valence-electron chi connectivity index (χ3n) is 5.01. The fourth-order valence-corrected chi connectivity index (χ4v) is 3.31. The Morgan fingerprint density at radius 3 is 2.78 bits per heavy atom. The van der Waals surface area contributed by atoms with E-state index in [0.29, 0.717) is 18.6 Å². The maximum atomic E-state index is 12.5. The zero-order valence-corrected chi connectivity index (χ0v) is 14.8. The van der Waals surface area contributed by atoms with Crippen molar-refractivity contribution in [3.05, 3.63) is 24.3 Å². The fourth-order valence-electron chi connectivity index (χ4n) is 3.31. The van der Waals surface area contributed by atoms with Crippen molar-refractivity contribution >= 4 is 11.6 Å². The molecule has 0 heterocycles. The van der Waals surface area contributed by atoms with Gasteiger partial charge in [-0.25, -0.2) is 0 Å². The van der Waals surface area contributed by atoms with Crippen LogP contribution in [-0.2, 0) is 4.79 Å². The van der Waals surface area contributed by atoms with Crippen molar-refractivity contribution in [3.63, 3.8) is 0 Å². The highest BCUT2D eigenvalue weighted by Gasteiger charge is 2.29. The molecular formula is C19H30N2O2. The summed E-state index contributed by atoms with van der Waals surface area (Å²) >= 11 is 0. The molecule has 4 nitrogen and oxygen atoms in total. The number of anilines is 1. The number of ether oxygens (including phenoxy) is 1. The number of amides is 1. The Morgan fingerprint density at radius 1 is 1.30 bits per heavy atom. The van der Waals surface area contributed by atoms with Crippen molar-refractivity contribution in [2.75, 3.05) is 11.9 Å². The molecule has 4 heteroatoms. The molecule has 128 valence electrons. The number of para-hydroxylation sites is 2. The van der Waals surface area contributed by atoms with Crippen LogP contribution in [0.15, 0.2) is 24.3 Å². The summed E-state index contributed by atoms with van der Waals surface area (Å²) in [6.45, 7) is 9.05. The lowest BCUT2D eigenvalue weighted by molar-refractivity contribution is -0.118. The summed E-state index contributed by atoms with van der Waals surface area (Å²) in [7, 11) is 0. The first-order valence-electron chi connectivity index (χ1n) is 8.81. The van der Waals surface area contributed by atoms with Crippen LogP contribution in [0, 0.1) is 11.8 Å². The normalized spacial score (nSPS) is 25.7. The molecule has 1 saturated carbocycles. The Labute approximate surface area is 140 Å². The van der Waals surface area contributed by atoms with Gasteiger partial charge in [-0.15, -0.1) is 0 Å². The van der Waals surface area contributed by atoms with E-state index in [1.807, 2.05) is 38.1 Å². The van der Waals surface area contributed by atoms with Crippen LogP contribution in [-0.4, -0.2) is 24.6 Å². The number of benzene rings is 1. The number of nitrogens with one attached hydrogen (secondary N) is 2. The summed E-state index contributed by atoms with van der Waals surface area (Å²) < 4.78 is 5.56. The van der Waals surface area contributed by atoms with E-state index in [9.17, 15) is 4.79 Å². The summed E-state index contributed by atoms with van der Waals surface area (Å²) in [5.74, 6) is 2.03. The summed E-state index contributed by atoms with van der Waals surface area (Å²) in [4.78, 5) is 12.5. The number of rotatable bonds is 6. The predicted molar refractivity (Wildman–Crippen MR) is 94.8 cm³/mol. The first-order chi connectivity index (χ1) is 11.0. The lowest BCUT2D eigenvalue weighted by Gasteiger charge is -2.36. The molecule has 23 heavy (non-hydrogen) atoms. The molecule has 0 bridgehead atoms. The van der Waals surface area contributed by atoms with Gasteiger partial charge in [-0.1, -0.05) is 38.8 Å².